The Morgan fingerprint density at radius 1 is 0.850 bits per heavy atom. The third-order valence-electron chi connectivity index (χ3n) is 3.73. The molecule has 0 aliphatic rings. The van der Waals surface area contributed by atoms with Crippen LogP contribution >= 0.6 is 0 Å². The quantitative estimate of drug-likeness (QED) is 0.885. The smallest absolute Gasteiger partial charge is 0.134 e. The molecule has 0 aliphatic heterocycles. The minimum Gasteiger partial charge on any atom is -0.309 e. The summed E-state index contributed by atoms with van der Waals surface area (Å²) in [5.74, 6) is -0.998. The summed E-state index contributed by atoms with van der Waals surface area (Å²) in [6.07, 6.45) is 0. The van der Waals surface area contributed by atoms with Crippen LogP contribution in [-0.4, -0.2) is 7.05 Å². The summed E-state index contributed by atoms with van der Waals surface area (Å²) in [6, 6.07) is 8.16. The summed E-state index contributed by atoms with van der Waals surface area (Å²) in [7, 11) is 1.72. The van der Waals surface area contributed by atoms with E-state index in [0.717, 1.165) is 16.7 Å². The first kappa shape index (κ1) is 14.7. The Morgan fingerprint density at radius 3 is 2.00 bits per heavy atom. The molecule has 0 saturated carbocycles. The van der Waals surface area contributed by atoms with Gasteiger partial charge in [-0.25, -0.2) is 8.78 Å². The molecule has 1 atom stereocenters. The van der Waals surface area contributed by atoms with Crippen molar-refractivity contribution in [3.8, 4) is 0 Å². The summed E-state index contributed by atoms with van der Waals surface area (Å²) < 4.78 is 28.5. The summed E-state index contributed by atoms with van der Waals surface area (Å²) in [5.41, 5.74) is 3.51. The third-order valence-corrected chi connectivity index (χ3v) is 3.73. The van der Waals surface area contributed by atoms with Crippen LogP contribution in [0.4, 0.5) is 8.78 Å². The molecule has 1 nitrogen and oxygen atoms in total. The molecular weight excluding hydrogens is 256 g/mol. The molecule has 106 valence electrons. The Balaban J connectivity index is 2.68. The minimum atomic E-state index is -0.518. The lowest BCUT2D eigenvalue weighted by molar-refractivity contribution is 0.516. The van der Waals surface area contributed by atoms with E-state index in [0.29, 0.717) is 5.56 Å². The molecule has 1 N–H and O–H groups in total. The lowest BCUT2D eigenvalue weighted by atomic mass is 9.90. The summed E-state index contributed by atoms with van der Waals surface area (Å²) in [5, 5.41) is 3.05. The van der Waals surface area contributed by atoms with E-state index in [9.17, 15) is 8.78 Å². The molecule has 1 unspecified atom stereocenters. The maximum atomic E-state index is 14.4. The molecule has 20 heavy (non-hydrogen) atoms. The van der Waals surface area contributed by atoms with Gasteiger partial charge in [-0.1, -0.05) is 24.3 Å². The van der Waals surface area contributed by atoms with E-state index in [1.165, 1.54) is 12.1 Å². The van der Waals surface area contributed by atoms with Gasteiger partial charge in [0.05, 0.1) is 6.04 Å². The zero-order chi connectivity index (χ0) is 14.9. The molecule has 0 heterocycles. The van der Waals surface area contributed by atoms with Gasteiger partial charge in [0.15, 0.2) is 0 Å². The van der Waals surface area contributed by atoms with Crippen LogP contribution in [0.25, 0.3) is 0 Å². The van der Waals surface area contributed by atoms with Gasteiger partial charge in [-0.3, -0.25) is 0 Å². The highest BCUT2D eigenvalue weighted by Gasteiger charge is 2.24. The van der Waals surface area contributed by atoms with E-state index in [1.807, 2.05) is 32.0 Å². The Hall–Kier alpha value is -1.74. The van der Waals surface area contributed by atoms with Crippen LogP contribution in [0.5, 0.6) is 0 Å². The van der Waals surface area contributed by atoms with Crippen molar-refractivity contribution in [2.75, 3.05) is 7.05 Å². The molecule has 2 rings (SSSR count). The Kier molecular flexibility index (Phi) is 4.19. The number of aryl methyl sites for hydroxylation is 3. The van der Waals surface area contributed by atoms with Crippen molar-refractivity contribution in [2.45, 2.75) is 26.8 Å². The van der Waals surface area contributed by atoms with Gasteiger partial charge in [-0.15, -0.1) is 0 Å². The molecule has 0 amide bonds. The minimum absolute atomic E-state index is 0.0879. The second-order valence-corrected chi connectivity index (χ2v) is 5.12. The molecule has 0 bridgehead atoms. The fourth-order valence-corrected chi connectivity index (χ4v) is 2.66. The van der Waals surface area contributed by atoms with Crippen molar-refractivity contribution in [2.24, 2.45) is 0 Å². The van der Waals surface area contributed by atoms with Gasteiger partial charge in [-0.05, 0) is 56.1 Å². The van der Waals surface area contributed by atoms with Crippen molar-refractivity contribution in [3.63, 3.8) is 0 Å². The first-order valence-corrected chi connectivity index (χ1v) is 6.65. The van der Waals surface area contributed by atoms with Crippen LogP contribution in [0.15, 0.2) is 30.3 Å². The molecule has 0 radical (unpaired) electrons. The Morgan fingerprint density at radius 2 is 1.45 bits per heavy atom. The zero-order valence-electron chi connectivity index (χ0n) is 12.2. The maximum absolute atomic E-state index is 14.4. The lowest BCUT2D eigenvalue weighted by Gasteiger charge is -2.23. The van der Waals surface area contributed by atoms with Crippen molar-refractivity contribution < 1.29 is 8.78 Å². The van der Waals surface area contributed by atoms with Crippen LogP contribution in [-0.2, 0) is 0 Å². The number of halogens is 2. The first-order valence-electron chi connectivity index (χ1n) is 6.65. The van der Waals surface area contributed by atoms with E-state index >= 15 is 0 Å². The highest BCUT2D eigenvalue weighted by molar-refractivity contribution is 5.43. The van der Waals surface area contributed by atoms with Crippen molar-refractivity contribution in [3.05, 3.63) is 69.8 Å². The zero-order valence-corrected chi connectivity index (χ0v) is 12.2. The summed E-state index contributed by atoms with van der Waals surface area (Å²) in [6.45, 7) is 5.56. The Bertz CT molecular complexity index is 615. The van der Waals surface area contributed by atoms with Crippen molar-refractivity contribution in [1.29, 1.82) is 0 Å². The lowest BCUT2D eigenvalue weighted by Crippen LogP contribution is -2.22. The number of nitrogens with one attached hydrogen (secondary N) is 1. The van der Waals surface area contributed by atoms with E-state index in [-0.39, 0.29) is 5.56 Å². The van der Waals surface area contributed by atoms with Crippen LogP contribution in [0.1, 0.15) is 33.9 Å². The fraction of sp³-hybridized carbons (Fsp3) is 0.294. The monoisotopic (exact) mass is 275 g/mol. The van der Waals surface area contributed by atoms with E-state index in [2.05, 4.69) is 5.32 Å². The van der Waals surface area contributed by atoms with Crippen LogP contribution in [0.3, 0.4) is 0 Å². The van der Waals surface area contributed by atoms with Crippen LogP contribution in [0, 0.1) is 32.4 Å². The van der Waals surface area contributed by atoms with Crippen molar-refractivity contribution in [1.82, 2.24) is 5.32 Å². The second kappa shape index (κ2) is 5.71. The summed E-state index contributed by atoms with van der Waals surface area (Å²) in [4.78, 5) is 0. The predicted octanol–water partition coefficient (Wildman–Crippen LogP) is 4.20. The van der Waals surface area contributed by atoms with E-state index in [4.69, 9.17) is 0 Å². The molecular formula is C17H19F2N. The van der Waals surface area contributed by atoms with Gasteiger partial charge in [0.25, 0.3) is 0 Å². The highest BCUT2D eigenvalue weighted by Crippen LogP contribution is 2.31. The molecule has 0 aromatic heterocycles. The van der Waals surface area contributed by atoms with Gasteiger partial charge < -0.3 is 5.32 Å². The molecule has 0 aliphatic carbocycles. The third kappa shape index (κ3) is 2.46. The number of rotatable bonds is 3. The fourth-order valence-electron chi connectivity index (χ4n) is 2.66. The van der Waals surface area contributed by atoms with Gasteiger partial charge >= 0.3 is 0 Å². The van der Waals surface area contributed by atoms with Crippen LogP contribution in [0.2, 0.25) is 0 Å². The first-order chi connectivity index (χ1) is 9.47. The van der Waals surface area contributed by atoms with Gasteiger partial charge in [-0.2, -0.15) is 0 Å². The molecule has 0 spiro atoms. The van der Waals surface area contributed by atoms with E-state index < -0.39 is 17.7 Å². The maximum Gasteiger partial charge on any atom is 0.134 e. The van der Waals surface area contributed by atoms with E-state index in [1.54, 1.807) is 14.0 Å². The highest BCUT2D eigenvalue weighted by atomic mass is 19.1. The van der Waals surface area contributed by atoms with Gasteiger partial charge in [0.2, 0.25) is 0 Å². The average Bonchev–Trinajstić information content (AvgIpc) is 2.41. The molecule has 3 heteroatoms. The largest absolute Gasteiger partial charge is 0.309 e. The average molecular weight is 275 g/mol. The topological polar surface area (TPSA) is 12.0 Å². The van der Waals surface area contributed by atoms with Gasteiger partial charge in [0.1, 0.15) is 11.6 Å². The second-order valence-electron chi connectivity index (χ2n) is 5.12. The SMILES string of the molecule is CNC(c1c(C)cccc1C)c1c(F)ccc(C)c1F. The molecule has 0 fully saturated rings. The number of hydrogen-bond donors (Lipinski definition) is 1. The predicted molar refractivity (Wildman–Crippen MR) is 77.9 cm³/mol. The Labute approximate surface area is 118 Å². The molecule has 2 aromatic rings. The standard InChI is InChI=1S/C17H19F2N/c1-10-6-5-7-11(2)14(10)17(20-4)15-13(18)9-8-12(3)16(15)19/h5-9,17,20H,1-4H3. The van der Waals surface area contributed by atoms with Gasteiger partial charge in [0, 0.05) is 5.56 Å². The molecule has 2 aromatic carbocycles. The van der Waals surface area contributed by atoms with Crippen molar-refractivity contribution >= 4 is 0 Å². The summed E-state index contributed by atoms with van der Waals surface area (Å²) >= 11 is 0. The number of benzene rings is 2. The normalized spacial score (nSPS) is 12.5. The number of hydrogen-bond acceptors (Lipinski definition) is 1. The van der Waals surface area contributed by atoms with Crippen LogP contribution < -0.4 is 5.32 Å². The molecule has 0 saturated heterocycles.